The molecule has 2 aliphatic rings. The van der Waals surface area contributed by atoms with Gasteiger partial charge in [0.05, 0.1) is 17.7 Å². The number of anilines is 1. The Morgan fingerprint density at radius 1 is 1.18 bits per heavy atom. The third-order valence-corrected chi connectivity index (χ3v) is 6.99. The van der Waals surface area contributed by atoms with Crippen LogP contribution in [0.2, 0.25) is 5.02 Å². The Kier molecular flexibility index (Phi) is 6.70. The first-order chi connectivity index (χ1) is 15.9. The molecule has 4 rings (SSSR count). The zero-order valence-electron chi connectivity index (χ0n) is 18.4. The van der Waals surface area contributed by atoms with Crippen molar-refractivity contribution < 1.29 is 14.7 Å². The molecule has 1 N–H and O–H groups in total. The first-order valence-electron chi connectivity index (χ1n) is 11.0. The van der Waals surface area contributed by atoms with E-state index in [1.54, 1.807) is 37.5 Å². The quantitative estimate of drug-likeness (QED) is 0.739. The van der Waals surface area contributed by atoms with Crippen LogP contribution < -0.4 is 4.90 Å². The van der Waals surface area contributed by atoms with Crippen molar-refractivity contribution in [2.24, 2.45) is 5.92 Å². The van der Waals surface area contributed by atoms with Crippen LogP contribution in [0.5, 0.6) is 0 Å². The summed E-state index contributed by atoms with van der Waals surface area (Å²) in [5, 5.41) is 19.3. The van der Waals surface area contributed by atoms with Crippen molar-refractivity contribution in [1.82, 2.24) is 14.8 Å². The number of amides is 2. The lowest BCUT2D eigenvalue weighted by atomic mass is 9.93. The van der Waals surface area contributed by atoms with Gasteiger partial charge >= 0.3 is 6.09 Å². The fraction of sp³-hybridized carbons (Fsp3) is 0.417. The molecule has 0 unspecified atom stereocenters. The molecule has 3 heterocycles. The Morgan fingerprint density at radius 3 is 2.52 bits per heavy atom. The van der Waals surface area contributed by atoms with Crippen molar-refractivity contribution in [1.29, 1.82) is 5.26 Å². The topological polar surface area (TPSA) is 101 Å². The number of carbonyl (C=O) groups is 2. The average Bonchev–Trinajstić information content (AvgIpc) is 3.29. The highest BCUT2D eigenvalue weighted by Crippen LogP contribution is 2.34. The standard InChI is InChI=1S/C24H26ClN5O3/c1-28(24(32)33)21-15-30(14-20(21)17-2-4-19(25)5-3-17)23(31)18-7-10-29(11-8-18)22-12-16(13-26)6-9-27-22/h2-6,9,12,18,20-21H,7-8,10-11,14-15H2,1H3,(H,32,33)/t20-,21+/m0/s1. The van der Waals surface area contributed by atoms with E-state index in [4.69, 9.17) is 16.9 Å². The van der Waals surface area contributed by atoms with Gasteiger partial charge in [-0.25, -0.2) is 9.78 Å². The van der Waals surface area contributed by atoms with Gasteiger partial charge in [-0.05, 0) is 42.7 Å². The summed E-state index contributed by atoms with van der Waals surface area (Å²) in [7, 11) is 1.56. The van der Waals surface area contributed by atoms with E-state index in [-0.39, 0.29) is 23.8 Å². The molecule has 33 heavy (non-hydrogen) atoms. The van der Waals surface area contributed by atoms with E-state index >= 15 is 0 Å². The molecule has 2 aliphatic heterocycles. The number of halogens is 1. The average molecular weight is 468 g/mol. The van der Waals surface area contributed by atoms with Gasteiger partial charge in [0.25, 0.3) is 0 Å². The molecule has 2 aromatic rings. The summed E-state index contributed by atoms with van der Waals surface area (Å²) >= 11 is 6.03. The van der Waals surface area contributed by atoms with Crippen LogP contribution in [0.3, 0.4) is 0 Å². The zero-order chi connectivity index (χ0) is 23.5. The van der Waals surface area contributed by atoms with Crippen LogP contribution in [0.15, 0.2) is 42.6 Å². The Balaban J connectivity index is 1.44. The molecule has 0 spiro atoms. The number of benzene rings is 1. The van der Waals surface area contributed by atoms with Crippen molar-refractivity contribution in [2.45, 2.75) is 24.8 Å². The third-order valence-electron chi connectivity index (χ3n) is 6.74. The van der Waals surface area contributed by atoms with Crippen LogP contribution in [-0.2, 0) is 4.79 Å². The van der Waals surface area contributed by atoms with E-state index < -0.39 is 6.09 Å². The number of carboxylic acid groups (broad SMARTS) is 1. The molecular formula is C24H26ClN5O3. The summed E-state index contributed by atoms with van der Waals surface area (Å²) in [5.41, 5.74) is 1.54. The second-order valence-corrected chi connectivity index (χ2v) is 9.07. The minimum absolute atomic E-state index is 0.0774. The summed E-state index contributed by atoms with van der Waals surface area (Å²) in [6, 6.07) is 12.7. The summed E-state index contributed by atoms with van der Waals surface area (Å²) < 4.78 is 0. The number of carbonyl (C=O) groups excluding carboxylic acids is 1. The Morgan fingerprint density at radius 2 is 1.88 bits per heavy atom. The molecule has 2 fully saturated rings. The predicted octanol–water partition coefficient (Wildman–Crippen LogP) is 3.43. The van der Waals surface area contributed by atoms with Gasteiger partial charge in [-0.15, -0.1) is 0 Å². The molecule has 0 radical (unpaired) electrons. The van der Waals surface area contributed by atoms with Gasteiger partial charge in [0.2, 0.25) is 5.91 Å². The summed E-state index contributed by atoms with van der Waals surface area (Å²) in [6.07, 6.45) is 2.01. The number of nitrogens with zero attached hydrogens (tertiary/aromatic N) is 5. The van der Waals surface area contributed by atoms with Crippen LogP contribution in [0, 0.1) is 17.2 Å². The van der Waals surface area contributed by atoms with Crippen LogP contribution in [0.1, 0.15) is 29.9 Å². The largest absolute Gasteiger partial charge is 0.465 e. The number of pyridine rings is 1. The van der Waals surface area contributed by atoms with E-state index in [1.165, 1.54) is 4.90 Å². The number of hydrogen-bond donors (Lipinski definition) is 1. The van der Waals surface area contributed by atoms with E-state index in [0.717, 1.165) is 11.4 Å². The number of nitriles is 1. The van der Waals surface area contributed by atoms with Gasteiger partial charge in [-0.3, -0.25) is 4.79 Å². The van der Waals surface area contributed by atoms with E-state index in [2.05, 4.69) is 16.0 Å². The van der Waals surface area contributed by atoms with Gasteiger partial charge in [0.15, 0.2) is 0 Å². The van der Waals surface area contributed by atoms with E-state index in [1.807, 2.05) is 17.0 Å². The first kappa shape index (κ1) is 22.9. The van der Waals surface area contributed by atoms with Crippen molar-refractivity contribution in [3.05, 3.63) is 58.7 Å². The second-order valence-electron chi connectivity index (χ2n) is 8.64. The highest BCUT2D eigenvalue weighted by atomic mass is 35.5. The smallest absolute Gasteiger partial charge is 0.407 e. The highest BCUT2D eigenvalue weighted by Gasteiger charge is 2.42. The van der Waals surface area contributed by atoms with Crippen LogP contribution in [0.4, 0.5) is 10.6 Å². The van der Waals surface area contributed by atoms with Crippen molar-refractivity contribution in [3.63, 3.8) is 0 Å². The second kappa shape index (κ2) is 9.67. The van der Waals surface area contributed by atoms with Crippen LogP contribution >= 0.6 is 11.6 Å². The minimum atomic E-state index is -1.01. The van der Waals surface area contributed by atoms with Crippen molar-refractivity contribution >= 4 is 29.4 Å². The normalized spacial score (nSPS) is 21.0. The van der Waals surface area contributed by atoms with Crippen LogP contribution in [0.25, 0.3) is 0 Å². The summed E-state index contributed by atoms with van der Waals surface area (Å²) in [6.45, 7) is 2.23. The summed E-state index contributed by atoms with van der Waals surface area (Å²) in [5.74, 6) is 0.617. The number of likely N-dealkylation sites (tertiary alicyclic amines) is 1. The molecule has 9 heteroatoms. The Hall–Kier alpha value is -3.31. The van der Waals surface area contributed by atoms with Gasteiger partial charge in [-0.2, -0.15) is 5.26 Å². The lowest BCUT2D eigenvalue weighted by Crippen LogP contribution is -2.44. The van der Waals surface area contributed by atoms with Crippen molar-refractivity contribution in [3.8, 4) is 6.07 Å². The SMILES string of the molecule is CN(C(=O)O)[C@@H]1CN(C(=O)C2CCN(c3cc(C#N)ccn3)CC2)C[C@H]1c1ccc(Cl)cc1. The van der Waals surface area contributed by atoms with E-state index in [0.29, 0.717) is 49.6 Å². The molecule has 0 aliphatic carbocycles. The first-order valence-corrected chi connectivity index (χ1v) is 11.4. The molecule has 2 atom stereocenters. The number of likely N-dealkylation sites (N-methyl/N-ethyl adjacent to an activating group) is 1. The Bertz CT molecular complexity index is 1060. The monoisotopic (exact) mass is 467 g/mol. The van der Waals surface area contributed by atoms with Gasteiger partial charge in [0, 0.05) is 56.3 Å². The number of rotatable bonds is 4. The molecule has 0 saturated carbocycles. The maximum absolute atomic E-state index is 13.4. The lowest BCUT2D eigenvalue weighted by molar-refractivity contribution is -0.135. The van der Waals surface area contributed by atoms with Crippen molar-refractivity contribution in [2.75, 3.05) is 38.1 Å². The van der Waals surface area contributed by atoms with Crippen LogP contribution in [-0.4, -0.2) is 71.2 Å². The summed E-state index contributed by atoms with van der Waals surface area (Å²) in [4.78, 5) is 34.6. The molecule has 2 saturated heterocycles. The fourth-order valence-corrected chi connectivity index (χ4v) is 4.94. The molecule has 0 bridgehead atoms. The molecule has 1 aromatic heterocycles. The van der Waals surface area contributed by atoms with Gasteiger partial charge in [-0.1, -0.05) is 23.7 Å². The van der Waals surface area contributed by atoms with Gasteiger partial charge < -0.3 is 19.8 Å². The molecule has 1 aromatic carbocycles. The fourth-order valence-electron chi connectivity index (χ4n) is 4.81. The minimum Gasteiger partial charge on any atom is -0.465 e. The van der Waals surface area contributed by atoms with Gasteiger partial charge in [0.1, 0.15) is 5.82 Å². The lowest BCUT2D eigenvalue weighted by Gasteiger charge is -2.34. The molecular weight excluding hydrogens is 442 g/mol. The third kappa shape index (κ3) is 4.88. The molecule has 8 nitrogen and oxygen atoms in total. The molecule has 172 valence electrons. The maximum Gasteiger partial charge on any atom is 0.407 e. The number of hydrogen-bond acceptors (Lipinski definition) is 5. The number of piperidine rings is 1. The number of aromatic nitrogens is 1. The molecule has 2 amide bonds. The maximum atomic E-state index is 13.4. The van der Waals surface area contributed by atoms with E-state index in [9.17, 15) is 14.7 Å². The highest BCUT2D eigenvalue weighted by molar-refractivity contribution is 6.30. The predicted molar refractivity (Wildman–Crippen MR) is 124 cm³/mol. The Labute approximate surface area is 198 Å². The zero-order valence-corrected chi connectivity index (χ0v) is 19.1.